The number of carbonyl (C=O) groups excluding carboxylic acids is 2. The third kappa shape index (κ3) is 5.89. The lowest BCUT2D eigenvalue weighted by Crippen LogP contribution is -2.59. The summed E-state index contributed by atoms with van der Waals surface area (Å²) in [4.78, 5) is 28.4. The number of hydrogen-bond acceptors (Lipinski definition) is 5. The van der Waals surface area contributed by atoms with Gasteiger partial charge in [-0.1, -0.05) is 41.9 Å². The fourth-order valence-corrected chi connectivity index (χ4v) is 3.95. The Kier molecular flexibility index (Phi) is 8.15. The van der Waals surface area contributed by atoms with Gasteiger partial charge in [0.25, 0.3) is 0 Å². The van der Waals surface area contributed by atoms with Crippen molar-refractivity contribution in [3.63, 3.8) is 0 Å². The van der Waals surface area contributed by atoms with E-state index in [0.717, 1.165) is 28.3 Å². The van der Waals surface area contributed by atoms with E-state index in [1.165, 1.54) is 7.11 Å². The second-order valence-electron chi connectivity index (χ2n) is 7.48. The standard InChI is InChI=1S/C23H26ClN3O3S/c1-30-15-23(14-28,10-17-12-26-20-5-3-2-4-19(17)20)27-22(29)21(13-31)25-11-16-6-8-18(24)9-7-16/h2-9,12,14,21,25-26,31H,10-11,13,15H2,1H3,(H,27,29)/t21-,23-/m0/s1. The van der Waals surface area contributed by atoms with E-state index in [1.54, 1.807) is 12.1 Å². The van der Waals surface area contributed by atoms with Gasteiger partial charge >= 0.3 is 0 Å². The zero-order chi connectivity index (χ0) is 22.3. The molecule has 2 aromatic carbocycles. The van der Waals surface area contributed by atoms with Crippen LogP contribution in [0.2, 0.25) is 5.02 Å². The topological polar surface area (TPSA) is 83.2 Å². The average Bonchev–Trinajstić information content (AvgIpc) is 3.18. The van der Waals surface area contributed by atoms with Crippen molar-refractivity contribution in [2.24, 2.45) is 0 Å². The Balaban J connectivity index is 1.74. The lowest BCUT2D eigenvalue weighted by molar-refractivity contribution is -0.129. The maximum atomic E-state index is 13.0. The van der Waals surface area contributed by atoms with E-state index in [2.05, 4.69) is 28.2 Å². The van der Waals surface area contributed by atoms with Gasteiger partial charge in [0.15, 0.2) is 0 Å². The molecule has 2 atom stereocenters. The fraction of sp³-hybridized carbons (Fsp3) is 0.304. The fourth-order valence-electron chi connectivity index (χ4n) is 3.53. The highest BCUT2D eigenvalue weighted by atomic mass is 35.5. The molecule has 1 amide bonds. The van der Waals surface area contributed by atoms with Crippen molar-refractivity contribution < 1.29 is 14.3 Å². The van der Waals surface area contributed by atoms with Gasteiger partial charge in [-0.05, 0) is 29.3 Å². The van der Waals surface area contributed by atoms with Crippen LogP contribution in [0.25, 0.3) is 10.9 Å². The summed E-state index contributed by atoms with van der Waals surface area (Å²) in [7, 11) is 1.51. The highest BCUT2D eigenvalue weighted by Crippen LogP contribution is 2.22. The van der Waals surface area contributed by atoms with Crippen molar-refractivity contribution in [2.45, 2.75) is 24.5 Å². The van der Waals surface area contributed by atoms with Crippen LogP contribution >= 0.6 is 24.2 Å². The van der Waals surface area contributed by atoms with Gasteiger partial charge in [0.1, 0.15) is 11.8 Å². The average molecular weight is 460 g/mol. The SMILES string of the molecule is COC[C@@](C=O)(Cc1c[nH]c2ccccc12)NC(=O)[C@H](CS)NCc1ccc(Cl)cc1. The summed E-state index contributed by atoms with van der Waals surface area (Å²) < 4.78 is 5.31. The number of nitrogens with one attached hydrogen (secondary N) is 3. The monoisotopic (exact) mass is 459 g/mol. The van der Waals surface area contributed by atoms with Crippen LogP contribution in [0.5, 0.6) is 0 Å². The number of benzene rings is 2. The number of aromatic nitrogens is 1. The Morgan fingerprint density at radius 2 is 2.00 bits per heavy atom. The molecular formula is C23H26ClN3O3S. The molecule has 0 bridgehead atoms. The molecule has 0 radical (unpaired) electrons. The summed E-state index contributed by atoms with van der Waals surface area (Å²) >= 11 is 10.2. The van der Waals surface area contributed by atoms with Gasteiger partial charge in [0.05, 0.1) is 12.6 Å². The molecule has 6 nitrogen and oxygen atoms in total. The quantitative estimate of drug-likeness (QED) is 0.262. The molecule has 0 aliphatic carbocycles. The van der Waals surface area contributed by atoms with Gasteiger partial charge in [-0.2, -0.15) is 12.6 Å². The molecule has 3 N–H and O–H groups in total. The first-order valence-corrected chi connectivity index (χ1v) is 10.9. The van der Waals surface area contributed by atoms with Crippen LogP contribution in [-0.4, -0.2) is 48.2 Å². The second kappa shape index (κ2) is 10.8. The summed E-state index contributed by atoms with van der Waals surface area (Å²) in [5.41, 5.74) is 1.69. The Bertz CT molecular complexity index is 1020. The Hall–Kier alpha value is -2.32. The Morgan fingerprint density at radius 3 is 2.68 bits per heavy atom. The molecule has 0 fully saturated rings. The number of rotatable bonds is 11. The number of hydrogen-bond donors (Lipinski definition) is 4. The number of halogens is 1. The van der Waals surface area contributed by atoms with Crippen molar-refractivity contribution >= 4 is 47.3 Å². The number of aldehydes is 1. The largest absolute Gasteiger partial charge is 0.382 e. The minimum absolute atomic E-state index is 0.0538. The first-order chi connectivity index (χ1) is 15.0. The smallest absolute Gasteiger partial charge is 0.238 e. The highest BCUT2D eigenvalue weighted by molar-refractivity contribution is 7.80. The van der Waals surface area contributed by atoms with Crippen LogP contribution in [0.1, 0.15) is 11.1 Å². The van der Waals surface area contributed by atoms with Crippen LogP contribution in [-0.2, 0) is 27.3 Å². The molecular weight excluding hydrogens is 434 g/mol. The lowest BCUT2D eigenvalue weighted by atomic mass is 9.92. The molecule has 3 aromatic rings. The normalized spacial score (nSPS) is 14.2. The van der Waals surface area contributed by atoms with Gasteiger partial charge in [-0.3, -0.25) is 4.79 Å². The van der Waals surface area contributed by atoms with Gasteiger partial charge < -0.3 is 25.1 Å². The van der Waals surface area contributed by atoms with Crippen LogP contribution in [0.3, 0.4) is 0 Å². The number of amides is 1. The third-order valence-electron chi connectivity index (χ3n) is 5.15. The number of carbonyl (C=O) groups is 2. The lowest BCUT2D eigenvalue weighted by Gasteiger charge is -2.30. The number of H-pyrrole nitrogens is 1. The predicted octanol–water partition coefficient (Wildman–Crippen LogP) is 3.15. The molecule has 0 aliphatic heterocycles. The van der Waals surface area contributed by atoms with Crippen molar-refractivity contribution in [2.75, 3.05) is 19.5 Å². The van der Waals surface area contributed by atoms with Gasteiger partial charge in [0.2, 0.25) is 5.91 Å². The summed E-state index contributed by atoms with van der Waals surface area (Å²) in [6, 6.07) is 14.6. The maximum Gasteiger partial charge on any atom is 0.238 e. The first kappa shape index (κ1) is 23.3. The molecule has 3 rings (SSSR count). The molecule has 1 heterocycles. The molecule has 1 aromatic heterocycles. The number of fused-ring (bicyclic) bond motifs is 1. The van der Waals surface area contributed by atoms with Crippen LogP contribution in [0.4, 0.5) is 0 Å². The van der Waals surface area contributed by atoms with E-state index in [0.29, 0.717) is 18.0 Å². The predicted molar refractivity (Wildman–Crippen MR) is 127 cm³/mol. The van der Waals surface area contributed by atoms with Crippen LogP contribution < -0.4 is 10.6 Å². The van der Waals surface area contributed by atoms with Gasteiger partial charge in [-0.15, -0.1) is 0 Å². The van der Waals surface area contributed by atoms with E-state index < -0.39 is 11.6 Å². The number of para-hydroxylation sites is 1. The molecule has 0 unspecified atom stereocenters. The van der Waals surface area contributed by atoms with Crippen LogP contribution in [0.15, 0.2) is 54.7 Å². The number of aromatic amines is 1. The zero-order valence-electron chi connectivity index (χ0n) is 17.2. The van der Waals surface area contributed by atoms with Crippen molar-refractivity contribution in [3.8, 4) is 0 Å². The third-order valence-corrected chi connectivity index (χ3v) is 5.76. The molecule has 0 saturated carbocycles. The molecule has 164 valence electrons. The zero-order valence-corrected chi connectivity index (χ0v) is 18.9. The summed E-state index contributed by atoms with van der Waals surface area (Å²) in [6.07, 6.45) is 2.92. The molecule has 0 aliphatic rings. The second-order valence-corrected chi connectivity index (χ2v) is 8.28. The first-order valence-electron chi connectivity index (χ1n) is 9.91. The van der Waals surface area contributed by atoms with Crippen LogP contribution in [0, 0.1) is 0 Å². The molecule has 8 heteroatoms. The molecule has 31 heavy (non-hydrogen) atoms. The van der Waals surface area contributed by atoms with Crippen molar-refractivity contribution in [1.82, 2.24) is 15.6 Å². The summed E-state index contributed by atoms with van der Waals surface area (Å²) in [5, 5.41) is 7.75. The van der Waals surface area contributed by atoms with Gasteiger partial charge in [-0.25, -0.2) is 0 Å². The summed E-state index contributed by atoms with van der Waals surface area (Å²) in [5.74, 6) is -0.0398. The van der Waals surface area contributed by atoms with Crippen molar-refractivity contribution in [1.29, 1.82) is 0 Å². The van der Waals surface area contributed by atoms with E-state index in [4.69, 9.17) is 16.3 Å². The van der Waals surface area contributed by atoms with E-state index in [9.17, 15) is 9.59 Å². The minimum Gasteiger partial charge on any atom is -0.382 e. The van der Waals surface area contributed by atoms with E-state index >= 15 is 0 Å². The number of thiol groups is 1. The molecule has 0 saturated heterocycles. The summed E-state index contributed by atoms with van der Waals surface area (Å²) in [6.45, 7) is 0.523. The van der Waals surface area contributed by atoms with E-state index in [-0.39, 0.29) is 18.3 Å². The highest BCUT2D eigenvalue weighted by Gasteiger charge is 2.35. The Labute approximate surface area is 192 Å². The molecule has 0 spiro atoms. The number of ether oxygens (including phenoxy) is 1. The number of methoxy groups -OCH3 is 1. The van der Waals surface area contributed by atoms with E-state index in [1.807, 2.05) is 42.6 Å². The maximum absolute atomic E-state index is 13.0. The van der Waals surface area contributed by atoms with Gasteiger partial charge in [0, 0.05) is 48.0 Å². The minimum atomic E-state index is -1.19. The Morgan fingerprint density at radius 1 is 1.26 bits per heavy atom. The van der Waals surface area contributed by atoms with Crippen molar-refractivity contribution in [3.05, 3.63) is 70.9 Å².